The van der Waals surface area contributed by atoms with E-state index in [1.165, 1.54) is 5.56 Å². The third kappa shape index (κ3) is 3.42. The normalized spacial score (nSPS) is 22.8. The van der Waals surface area contributed by atoms with E-state index in [2.05, 4.69) is 27.0 Å². The summed E-state index contributed by atoms with van der Waals surface area (Å²) in [5.74, 6) is 0.822. The number of rotatable bonds is 4. The summed E-state index contributed by atoms with van der Waals surface area (Å²) >= 11 is 0. The molecule has 5 nitrogen and oxygen atoms in total. The van der Waals surface area contributed by atoms with Gasteiger partial charge in [0.25, 0.3) is 0 Å². The molecule has 0 bridgehead atoms. The van der Waals surface area contributed by atoms with Crippen LogP contribution >= 0.6 is 0 Å². The summed E-state index contributed by atoms with van der Waals surface area (Å²) in [6.45, 7) is 3.24. The summed E-state index contributed by atoms with van der Waals surface area (Å²) in [6, 6.07) is 12.2. The minimum Gasteiger partial charge on any atom is -0.372 e. The molecule has 0 aliphatic carbocycles. The van der Waals surface area contributed by atoms with Crippen LogP contribution in [0.1, 0.15) is 24.8 Å². The van der Waals surface area contributed by atoms with Crippen molar-refractivity contribution in [2.45, 2.75) is 37.6 Å². The third-order valence-electron chi connectivity index (χ3n) is 5.01. The molecule has 5 heteroatoms. The molecular formula is C19H23N3O2. The van der Waals surface area contributed by atoms with Gasteiger partial charge in [-0.1, -0.05) is 30.3 Å². The first kappa shape index (κ1) is 15.5. The van der Waals surface area contributed by atoms with Crippen molar-refractivity contribution in [2.24, 2.45) is 0 Å². The molecule has 1 atom stereocenters. The largest absolute Gasteiger partial charge is 0.372 e. The molecule has 1 aromatic carbocycles. The van der Waals surface area contributed by atoms with Crippen LogP contribution in [-0.2, 0) is 16.1 Å². The fraction of sp³-hybridized carbons (Fsp3) is 0.474. The summed E-state index contributed by atoms with van der Waals surface area (Å²) in [6.07, 6.45) is 6.80. The number of hydrogen-bond donors (Lipinski definition) is 0. The van der Waals surface area contributed by atoms with Crippen LogP contribution in [0, 0.1) is 0 Å². The highest BCUT2D eigenvalue weighted by Crippen LogP contribution is 2.37. The van der Waals surface area contributed by atoms with Gasteiger partial charge in [-0.05, 0) is 24.5 Å². The standard InChI is InChI=1S/C19H23N3O2/c1-2-5-16(6-3-1)14-23-17-13-19(24-15-17)7-11-22(12-8-19)18-20-9-4-10-21-18/h1-6,9-10,17H,7-8,11-15H2. The first-order valence-electron chi connectivity index (χ1n) is 8.64. The van der Waals surface area contributed by atoms with Crippen LogP contribution in [0.5, 0.6) is 0 Å². The molecule has 2 aromatic rings. The highest BCUT2D eigenvalue weighted by Gasteiger charge is 2.43. The van der Waals surface area contributed by atoms with Crippen molar-refractivity contribution in [3.8, 4) is 0 Å². The van der Waals surface area contributed by atoms with Gasteiger partial charge in [0, 0.05) is 31.9 Å². The van der Waals surface area contributed by atoms with Crippen LogP contribution in [0.3, 0.4) is 0 Å². The zero-order valence-electron chi connectivity index (χ0n) is 13.8. The van der Waals surface area contributed by atoms with Crippen molar-refractivity contribution >= 4 is 5.95 Å². The number of nitrogens with zero attached hydrogens (tertiary/aromatic N) is 3. The van der Waals surface area contributed by atoms with Gasteiger partial charge in [-0.15, -0.1) is 0 Å². The van der Waals surface area contributed by atoms with Crippen LogP contribution in [0.2, 0.25) is 0 Å². The SMILES string of the molecule is c1ccc(COC2COC3(CCN(c4ncccn4)CC3)C2)cc1. The maximum absolute atomic E-state index is 6.17. The van der Waals surface area contributed by atoms with Gasteiger partial charge in [0.1, 0.15) is 0 Å². The molecule has 1 spiro atoms. The maximum atomic E-state index is 6.17. The molecule has 0 saturated carbocycles. The minimum absolute atomic E-state index is 0.0212. The van der Waals surface area contributed by atoms with Crippen molar-refractivity contribution in [3.05, 3.63) is 54.4 Å². The first-order chi connectivity index (χ1) is 11.8. The van der Waals surface area contributed by atoms with Crippen molar-refractivity contribution in [2.75, 3.05) is 24.6 Å². The Morgan fingerprint density at radius 1 is 1.08 bits per heavy atom. The summed E-state index contributed by atoms with van der Waals surface area (Å²) in [5, 5.41) is 0. The predicted molar refractivity (Wildman–Crippen MR) is 91.8 cm³/mol. The van der Waals surface area contributed by atoms with E-state index in [9.17, 15) is 0 Å². The lowest BCUT2D eigenvalue weighted by Crippen LogP contribution is -2.45. The van der Waals surface area contributed by atoms with E-state index in [-0.39, 0.29) is 11.7 Å². The Hall–Kier alpha value is -1.98. The zero-order valence-corrected chi connectivity index (χ0v) is 13.8. The van der Waals surface area contributed by atoms with E-state index in [0.29, 0.717) is 13.2 Å². The fourth-order valence-corrected chi connectivity index (χ4v) is 3.62. The number of benzene rings is 1. The van der Waals surface area contributed by atoms with Crippen molar-refractivity contribution in [3.63, 3.8) is 0 Å². The molecule has 1 unspecified atom stereocenters. The second kappa shape index (κ2) is 6.87. The lowest BCUT2D eigenvalue weighted by molar-refractivity contribution is -0.0205. The average Bonchev–Trinajstić information content (AvgIpc) is 3.05. The number of piperidine rings is 1. The van der Waals surface area contributed by atoms with E-state index in [0.717, 1.165) is 38.3 Å². The molecule has 2 aliphatic heterocycles. The Kier molecular flexibility index (Phi) is 4.45. The molecular weight excluding hydrogens is 302 g/mol. The lowest BCUT2D eigenvalue weighted by Gasteiger charge is -2.38. The summed E-state index contributed by atoms with van der Waals surface area (Å²) < 4.78 is 12.2. The molecule has 0 amide bonds. The van der Waals surface area contributed by atoms with E-state index in [1.54, 1.807) is 12.4 Å². The van der Waals surface area contributed by atoms with Gasteiger partial charge in [0.05, 0.1) is 24.9 Å². The first-order valence-corrected chi connectivity index (χ1v) is 8.64. The van der Waals surface area contributed by atoms with E-state index >= 15 is 0 Å². The average molecular weight is 325 g/mol. The molecule has 126 valence electrons. The Morgan fingerprint density at radius 2 is 1.83 bits per heavy atom. The van der Waals surface area contributed by atoms with E-state index < -0.39 is 0 Å². The minimum atomic E-state index is -0.0212. The van der Waals surface area contributed by atoms with Gasteiger partial charge < -0.3 is 14.4 Å². The van der Waals surface area contributed by atoms with Crippen LogP contribution in [0.4, 0.5) is 5.95 Å². The smallest absolute Gasteiger partial charge is 0.225 e. The zero-order chi connectivity index (χ0) is 16.2. The summed E-state index contributed by atoms with van der Waals surface area (Å²) in [4.78, 5) is 10.9. The van der Waals surface area contributed by atoms with Gasteiger partial charge in [0.2, 0.25) is 5.95 Å². The molecule has 2 aliphatic rings. The van der Waals surface area contributed by atoms with E-state index in [1.807, 2.05) is 24.3 Å². The molecule has 24 heavy (non-hydrogen) atoms. The van der Waals surface area contributed by atoms with Gasteiger partial charge in [-0.25, -0.2) is 9.97 Å². The number of anilines is 1. The Balaban J connectivity index is 1.29. The monoisotopic (exact) mass is 325 g/mol. The quantitative estimate of drug-likeness (QED) is 0.865. The molecule has 2 fully saturated rings. The van der Waals surface area contributed by atoms with Crippen molar-refractivity contribution in [1.82, 2.24) is 9.97 Å². The maximum Gasteiger partial charge on any atom is 0.225 e. The number of hydrogen-bond acceptors (Lipinski definition) is 5. The van der Waals surface area contributed by atoms with Crippen molar-refractivity contribution < 1.29 is 9.47 Å². The van der Waals surface area contributed by atoms with Gasteiger partial charge in [0.15, 0.2) is 0 Å². The summed E-state index contributed by atoms with van der Waals surface area (Å²) in [7, 11) is 0. The van der Waals surface area contributed by atoms with Crippen molar-refractivity contribution in [1.29, 1.82) is 0 Å². The van der Waals surface area contributed by atoms with E-state index in [4.69, 9.17) is 9.47 Å². The predicted octanol–water partition coefficient (Wildman–Crippen LogP) is 2.82. The summed E-state index contributed by atoms with van der Waals surface area (Å²) in [5.41, 5.74) is 1.20. The van der Waals surface area contributed by atoms with Crippen LogP contribution in [-0.4, -0.2) is 41.4 Å². The molecule has 0 radical (unpaired) electrons. The second-order valence-corrected chi connectivity index (χ2v) is 6.65. The molecule has 0 N–H and O–H groups in total. The van der Waals surface area contributed by atoms with Crippen LogP contribution < -0.4 is 4.90 Å². The Bertz CT molecular complexity index is 642. The molecule has 2 saturated heterocycles. The van der Waals surface area contributed by atoms with Gasteiger partial charge in [-0.3, -0.25) is 0 Å². The highest BCUT2D eigenvalue weighted by molar-refractivity contribution is 5.29. The molecule has 3 heterocycles. The van der Waals surface area contributed by atoms with Crippen LogP contribution in [0.15, 0.2) is 48.8 Å². The number of aromatic nitrogens is 2. The van der Waals surface area contributed by atoms with Gasteiger partial charge in [-0.2, -0.15) is 0 Å². The Morgan fingerprint density at radius 3 is 2.58 bits per heavy atom. The fourth-order valence-electron chi connectivity index (χ4n) is 3.62. The topological polar surface area (TPSA) is 47.5 Å². The van der Waals surface area contributed by atoms with Gasteiger partial charge >= 0.3 is 0 Å². The third-order valence-corrected chi connectivity index (χ3v) is 5.01. The molecule has 4 rings (SSSR count). The number of ether oxygens (including phenoxy) is 2. The molecule has 1 aromatic heterocycles. The highest BCUT2D eigenvalue weighted by atomic mass is 16.6. The van der Waals surface area contributed by atoms with Crippen LogP contribution in [0.25, 0.3) is 0 Å². The Labute approximate surface area is 142 Å². The lowest BCUT2D eigenvalue weighted by atomic mass is 9.88. The second-order valence-electron chi connectivity index (χ2n) is 6.65.